The van der Waals surface area contributed by atoms with Crippen LogP contribution in [0.15, 0.2) is 23.1 Å². The van der Waals surface area contributed by atoms with E-state index in [9.17, 15) is 18.5 Å². The highest BCUT2D eigenvalue weighted by atomic mass is 32.2. The fourth-order valence-corrected chi connectivity index (χ4v) is 3.56. The second-order valence-electron chi connectivity index (χ2n) is 4.65. The average molecular weight is 315 g/mol. The van der Waals surface area contributed by atoms with E-state index >= 15 is 0 Å². The third kappa shape index (κ3) is 3.69. The fraction of sp³-hybridized carbons (Fsp3) is 0.500. The van der Waals surface area contributed by atoms with Crippen molar-refractivity contribution in [3.63, 3.8) is 0 Å². The number of hydrogen-bond acceptors (Lipinski definition) is 6. The van der Waals surface area contributed by atoms with E-state index in [1.807, 2.05) is 6.92 Å². The molecule has 2 rings (SSSR count). The molecule has 1 atom stereocenters. The molecule has 1 saturated heterocycles. The van der Waals surface area contributed by atoms with Gasteiger partial charge in [0, 0.05) is 30.9 Å². The van der Waals surface area contributed by atoms with Gasteiger partial charge in [-0.15, -0.1) is 0 Å². The normalized spacial score (nSPS) is 18.6. The summed E-state index contributed by atoms with van der Waals surface area (Å²) >= 11 is 0. The van der Waals surface area contributed by atoms with Crippen LogP contribution in [0.3, 0.4) is 0 Å². The second kappa shape index (κ2) is 6.37. The highest BCUT2D eigenvalue weighted by Gasteiger charge is 2.29. The molecule has 0 radical (unpaired) electrons. The summed E-state index contributed by atoms with van der Waals surface area (Å²) in [5, 5.41) is 14.0. The van der Waals surface area contributed by atoms with Gasteiger partial charge in [-0.25, -0.2) is 13.1 Å². The summed E-state index contributed by atoms with van der Waals surface area (Å²) in [7, 11) is -3.97. The second-order valence-corrected chi connectivity index (χ2v) is 6.33. The van der Waals surface area contributed by atoms with Gasteiger partial charge in [-0.05, 0) is 25.5 Å². The van der Waals surface area contributed by atoms with Gasteiger partial charge in [-0.2, -0.15) is 0 Å². The van der Waals surface area contributed by atoms with Crippen molar-refractivity contribution in [3.05, 3.63) is 28.3 Å². The Bertz CT molecular complexity index is 626. The lowest BCUT2D eigenvalue weighted by Gasteiger charge is -2.13. The standard InChI is InChI=1S/C12H17N3O5S/c1-2-13-9-3-4-11(15(16)17)12(7-9)21(18,19)14-10-5-6-20-8-10/h3-4,7,10,13-14H,2,5-6,8H2,1H3. The molecule has 0 bridgehead atoms. The Balaban J connectivity index is 2.38. The number of anilines is 1. The molecule has 1 aliphatic rings. The molecule has 2 N–H and O–H groups in total. The first-order valence-electron chi connectivity index (χ1n) is 6.56. The van der Waals surface area contributed by atoms with E-state index in [2.05, 4.69) is 10.0 Å². The number of nitrogens with zero attached hydrogens (tertiary/aromatic N) is 1. The van der Waals surface area contributed by atoms with Crippen molar-refractivity contribution in [2.45, 2.75) is 24.3 Å². The lowest BCUT2D eigenvalue weighted by atomic mass is 10.3. The van der Waals surface area contributed by atoms with Crippen LogP contribution in [0.5, 0.6) is 0 Å². The summed E-state index contributed by atoms with van der Waals surface area (Å²) in [4.78, 5) is 10.0. The van der Waals surface area contributed by atoms with Crippen molar-refractivity contribution in [1.82, 2.24) is 4.72 Å². The Hall–Kier alpha value is -1.71. The number of nitro benzene ring substituents is 1. The summed E-state index contributed by atoms with van der Waals surface area (Å²) in [6.07, 6.45) is 0.555. The molecule has 0 aliphatic carbocycles. The van der Waals surface area contributed by atoms with Crippen LogP contribution in [0.1, 0.15) is 13.3 Å². The SMILES string of the molecule is CCNc1ccc([N+](=O)[O-])c(S(=O)(=O)NC2CCOC2)c1. The van der Waals surface area contributed by atoms with Crippen LogP contribution in [0.4, 0.5) is 11.4 Å². The lowest BCUT2D eigenvalue weighted by Crippen LogP contribution is -2.35. The summed E-state index contributed by atoms with van der Waals surface area (Å²) in [6.45, 7) is 3.19. The van der Waals surface area contributed by atoms with Gasteiger partial charge >= 0.3 is 0 Å². The monoisotopic (exact) mass is 315 g/mol. The predicted molar refractivity (Wildman–Crippen MR) is 76.8 cm³/mol. The highest BCUT2D eigenvalue weighted by Crippen LogP contribution is 2.27. The minimum atomic E-state index is -3.97. The maximum Gasteiger partial charge on any atom is 0.289 e. The Kier molecular flexibility index (Phi) is 4.76. The van der Waals surface area contributed by atoms with Gasteiger partial charge in [0.1, 0.15) is 0 Å². The van der Waals surface area contributed by atoms with E-state index < -0.39 is 20.6 Å². The van der Waals surface area contributed by atoms with E-state index in [1.54, 1.807) is 0 Å². The first-order valence-corrected chi connectivity index (χ1v) is 8.04. The van der Waals surface area contributed by atoms with Crippen molar-refractivity contribution in [2.75, 3.05) is 25.1 Å². The molecule has 1 aliphatic heterocycles. The molecule has 0 aromatic heterocycles. The molecular formula is C12H17N3O5S. The minimum absolute atomic E-state index is 0.278. The van der Waals surface area contributed by atoms with Gasteiger partial charge in [-0.3, -0.25) is 10.1 Å². The van der Waals surface area contributed by atoms with E-state index in [1.165, 1.54) is 18.2 Å². The number of hydrogen-bond donors (Lipinski definition) is 2. The molecule has 1 aromatic carbocycles. The van der Waals surface area contributed by atoms with Crippen molar-refractivity contribution in [1.29, 1.82) is 0 Å². The molecule has 1 fully saturated rings. The molecule has 1 unspecified atom stereocenters. The van der Waals surface area contributed by atoms with Crippen molar-refractivity contribution in [2.24, 2.45) is 0 Å². The molecule has 116 valence electrons. The first-order chi connectivity index (χ1) is 9.94. The third-order valence-electron chi connectivity index (χ3n) is 3.08. The fourth-order valence-electron chi connectivity index (χ4n) is 2.10. The molecule has 1 aromatic rings. The first kappa shape index (κ1) is 15.7. The zero-order valence-corrected chi connectivity index (χ0v) is 12.4. The summed E-state index contributed by atoms with van der Waals surface area (Å²) < 4.78 is 32.3. The van der Waals surface area contributed by atoms with Gasteiger partial charge in [0.05, 0.1) is 11.5 Å². The molecule has 0 spiro atoms. The van der Waals surface area contributed by atoms with E-state index in [4.69, 9.17) is 4.74 Å². The zero-order chi connectivity index (χ0) is 15.5. The summed E-state index contributed by atoms with van der Waals surface area (Å²) in [6, 6.07) is 3.61. The third-order valence-corrected chi connectivity index (χ3v) is 4.63. The van der Waals surface area contributed by atoms with E-state index in [-0.39, 0.29) is 17.5 Å². The maximum atomic E-state index is 12.4. The lowest BCUT2D eigenvalue weighted by molar-refractivity contribution is -0.387. The summed E-state index contributed by atoms with van der Waals surface area (Å²) in [5.41, 5.74) is 0.0780. The molecule has 9 heteroatoms. The summed E-state index contributed by atoms with van der Waals surface area (Å²) in [5.74, 6) is 0. The topological polar surface area (TPSA) is 111 Å². The molecule has 8 nitrogen and oxygen atoms in total. The number of benzene rings is 1. The van der Waals surface area contributed by atoms with Gasteiger partial charge in [0.15, 0.2) is 4.90 Å². The number of sulfonamides is 1. The number of ether oxygens (including phenoxy) is 1. The average Bonchev–Trinajstić information content (AvgIpc) is 2.91. The molecule has 21 heavy (non-hydrogen) atoms. The largest absolute Gasteiger partial charge is 0.385 e. The highest BCUT2D eigenvalue weighted by molar-refractivity contribution is 7.89. The number of nitrogens with one attached hydrogen (secondary N) is 2. The maximum absolute atomic E-state index is 12.4. The van der Waals surface area contributed by atoms with Crippen molar-refractivity contribution in [3.8, 4) is 0 Å². The van der Waals surface area contributed by atoms with Gasteiger partial charge in [0.2, 0.25) is 10.0 Å². The van der Waals surface area contributed by atoms with Gasteiger partial charge in [-0.1, -0.05) is 0 Å². The predicted octanol–water partition coefficient (Wildman–Crippen LogP) is 1.09. The Morgan fingerprint density at radius 2 is 2.24 bits per heavy atom. The van der Waals surface area contributed by atoms with Crippen LogP contribution in [-0.2, 0) is 14.8 Å². The van der Waals surface area contributed by atoms with Crippen LogP contribution in [0.25, 0.3) is 0 Å². The van der Waals surface area contributed by atoms with Crippen LogP contribution in [0, 0.1) is 10.1 Å². The molecular weight excluding hydrogens is 298 g/mol. The Morgan fingerprint density at radius 1 is 1.48 bits per heavy atom. The van der Waals surface area contributed by atoms with Crippen molar-refractivity contribution < 1.29 is 18.1 Å². The Labute approximate surface area is 122 Å². The van der Waals surface area contributed by atoms with Gasteiger partial charge in [0.25, 0.3) is 5.69 Å². The quantitative estimate of drug-likeness (QED) is 0.600. The van der Waals surface area contributed by atoms with Crippen LogP contribution in [0.2, 0.25) is 0 Å². The molecule has 0 saturated carbocycles. The molecule has 0 amide bonds. The van der Waals surface area contributed by atoms with E-state index in [0.717, 1.165) is 0 Å². The molecule has 1 heterocycles. The van der Waals surface area contributed by atoms with Crippen LogP contribution < -0.4 is 10.0 Å². The van der Waals surface area contributed by atoms with Crippen LogP contribution >= 0.6 is 0 Å². The van der Waals surface area contributed by atoms with E-state index in [0.29, 0.717) is 25.3 Å². The minimum Gasteiger partial charge on any atom is -0.385 e. The number of rotatable bonds is 6. The van der Waals surface area contributed by atoms with Gasteiger partial charge < -0.3 is 10.1 Å². The smallest absolute Gasteiger partial charge is 0.289 e. The number of nitro groups is 1. The zero-order valence-electron chi connectivity index (χ0n) is 11.5. The van der Waals surface area contributed by atoms with Crippen LogP contribution in [-0.4, -0.2) is 39.1 Å². The van der Waals surface area contributed by atoms with Crippen molar-refractivity contribution >= 4 is 21.4 Å². The Morgan fingerprint density at radius 3 is 2.81 bits per heavy atom.